The molecule has 0 aromatic heterocycles. The second kappa shape index (κ2) is 6.24. The lowest BCUT2D eigenvalue weighted by Crippen LogP contribution is -2.40. The van der Waals surface area contributed by atoms with E-state index in [0.29, 0.717) is 13.1 Å². The normalized spacial score (nSPS) is 28.3. The smallest absolute Gasteiger partial charge is 0.223 e. The summed E-state index contributed by atoms with van der Waals surface area (Å²) >= 11 is 0. The van der Waals surface area contributed by atoms with Gasteiger partial charge in [0.2, 0.25) is 15.9 Å². The minimum absolute atomic E-state index is 0.0363. The number of rotatable bonds is 4. The summed E-state index contributed by atoms with van der Waals surface area (Å²) in [5, 5.41) is 2.74. The third-order valence-corrected chi connectivity index (χ3v) is 7.20. The molecule has 3 rings (SSSR count). The number of hydrogen-bond acceptors (Lipinski definition) is 3. The minimum Gasteiger partial charge on any atom is -0.359 e. The van der Waals surface area contributed by atoms with E-state index in [-0.39, 0.29) is 23.0 Å². The van der Waals surface area contributed by atoms with Gasteiger partial charge in [-0.15, -0.1) is 0 Å². The van der Waals surface area contributed by atoms with Crippen LogP contribution in [0.1, 0.15) is 31.2 Å². The third kappa shape index (κ3) is 3.15. The van der Waals surface area contributed by atoms with E-state index < -0.39 is 10.0 Å². The Balaban J connectivity index is 1.75. The highest BCUT2D eigenvalue weighted by Gasteiger charge is 2.52. The summed E-state index contributed by atoms with van der Waals surface area (Å²) < 4.78 is 27.0. The van der Waals surface area contributed by atoms with Gasteiger partial charge in [0.15, 0.2) is 0 Å². The molecular formula is C17H24N2O3S. The Morgan fingerprint density at radius 2 is 2.04 bits per heavy atom. The number of carbonyl (C=O) groups is 1. The maximum Gasteiger partial charge on any atom is 0.223 e. The molecule has 5 nitrogen and oxygen atoms in total. The molecule has 2 aliphatic rings. The summed E-state index contributed by atoms with van der Waals surface area (Å²) in [5.74, 6) is 0.0448. The molecule has 1 spiro atoms. The molecule has 1 saturated heterocycles. The van der Waals surface area contributed by atoms with Crippen LogP contribution in [0.4, 0.5) is 0 Å². The molecule has 1 heterocycles. The maximum atomic E-state index is 12.7. The molecule has 1 aromatic rings. The Kier molecular flexibility index (Phi) is 4.47. The fourth-order valence-electron chi connectivity index (χ4n) is 4.18. The summed E-state index contributed by atoms with van der Waals surface area (Å²) in [7, 11) is -1.67. The van der Waals surface area contributed by atoms with E-state index in [9.17, 15) is 13.2 Å². The van der Waals surface area contributed by atoms with Crippen LogP contribution in [0.2, 0.25) is 0 Å². The Morgan fingerprint density at radius 3 is 2.74 bits per heavy atom. The summed E-state index contributed by atoms with van der Waals surface area (Å²) in [5.41, 5.74) is 0.645. The summed E-state index contributed by atoms with van der Waals surface area (Å²) in [6.45, 7) is 1.02. The molecule has 2 unspecified atom stereocenters. The topological polar surface area (TPSA) is 66.5 Å². The van der Waals surface area contributed by atoms with E-state index >= 15 is 0 Å². The molecule has 0 radical (unpaired) electrons. The Labute approximate surface area is 138 Å². The first-order chi connectivity index (χ1) is 11.0. The van der Waals surface area contributed by atoms with Gasteiger partial charge < -0.3 is 5.32 Å². The van der Waals surface area contributed by atoms with Gasteiger partial charge in [-0.25, -0.2) is 12.7 Å². The Bertz CT molecular complexity index is 674. The molecule has 126 valence electrons. The third-order valence-electron chi connectivity index (χ3n) is 5.41. The van der Waals surface area contributed by atoms with Crippen LogP contribution in [0, 0.1) is 11.3 Å². The van der Waals surface area contributed by atoms with E-state index in [1.807, 2.05) is 30.3 Å². The van der Waals surface area contributed by atoms with E-state index in [0.717, 1.165) is 31.2 Å². The number of hydrogen-bond donors (Lipinski definition) is 1. The average Bonchev–Trinajstić information content (AvgIpc) is 3.15. The van der Waals surface area contributed by atoms with Crippen LogP contribution in [0.15, 0.2) is 30.3 Å². The van der Waals surface area contributed by atoms with Gasteiger partial charge in [0.05, 0.1) is 5.75 Å². The molecule has 1 aliphatic heterocycles. The zero-order valence-corrected chi connectivity index (χ0v) is 14.3. The second-order valence-electron chi connectivity index (χ2n) is 6.75. The lowest BCUT2D eigenvalue weighted by atomic mass is 9.76. The van der Waals surface area contributed by atoms with Crippen molar-refractivity contribution in [2.24, 2.45) is 11.3 Å². The van der Waals surface area contributed by atoms with E-state index in [1.165, 1.54) is 0 Å². The van der Waals surface area contributed by atoms with Gasteiger partial charge >= 0.3 is 0 Å². The van der Waals surface area contributed by atoms with E-state index in [4.69, 9.17) is 0 Å². The zero-order chi connectivity index (χ0) is 16.5. The van der Waals surface area contributed by atoms with Crippen LogP contribution in [-0.4, -0.2) is 38.8 Å². The van der Waals surface area contributed by atoms with Gasteiger partial charge in [-0.1, -0.05) is 36.8 Å². The molecule has 1 aromatic carbocycles. The molecule has 1 amide bonds. The van der Waals surface area contributed by atoms with Crippen molar-refractivity contribution in [1.82, 2.24) is 9.62 Å². The van der Waals surface area contributed by atoms with Crippen molar-refractivity contribution in [1.29, 1.82) is 0 Å². The SMILES string of the molecule is CNC(=O)C1CCCC12CCN(S(=O)(=O)Cc1ccccc1)C2. The van der Waals surface area contributed by atoms with E-state index in [1.54, 1.807) is 11.4 Å². The van der Waals surface area contributed by atoms with Crippen LogP contribution in [0.5, 0.6) is 0 Å². The standard InChI is InChI=1S/C17H24N2O3S/c1-18-16(20)15-8-5-9-17(15)10-11-19(13-17)23(21,22)12-14-6-3-2-4-7-14/h2-4,6-7,15H,5,8-13H2,1H3,(H,18,20). The number of nitrogens with one attached hydrogen (secondary N) is 1. The average molecular weight is 336 g/mol. The van der Waals surface area contributed by atoms with Crippen LogP contribution in [-0.2, 0) is 20.6 Å². The minimum atomic E-state index is -3.33. The monoisotopic (exact) mass is 336 g/mol. The fourth-order valence-corrected chi connectivity index (χ4v) is 5.80. The molecular weight excluding hydrogens is 312 g/mol. The number of amides is 1. The number of carbonyl (C=O) groups excluding carboxylic acids is 1. The lowest BCUT2D eigenvalue weighted by Gasteiger charge is -2.30. The van der Waals surface area contributed by atoms with Gasteiger partial charge in [-0.3, -0.25) is 4.79 Å². The molecule has 2 atom stereocenters. The molecule has 23 heavy (non-hydrogen) atoms. The summed E-state index contributed by atoms with van der Waals surface area (Å²) in [6, 6.07) is 9.27. The van der Waals surface area contributed by atoms with Crippen molar-refractivity contribution < 1.29 is 13.2 Å². The first kappa shape index (κ1) is 16.5. The Hall–Kier alpha value is -1.40. The van der Waals surface area contributed by atoms with Crippen molar-refractivity contribution in [3.63, 3.8) is 0 Å². The van der Waals surface area contributed by atoms with Gasteiger partial charge in [-0.2, -0.15) is 0 Å². The van der Waals surface area contributed by atoms with Crippen LogP contribution < -0.4 is 5.32 Å². The first-order valence-corrected chi connectivity index (χ1v) is 9.81. The molecule has 1 N–H and O–H groups in total. The van der Waals surface area contributed by atoms with Gasteiger partial charge in [0, 0.05) is 26.1 Å². The highest BCUT2D eigenvalue weighted by Crippen LogP contribution is 2.50. The predicted octanol–water partition coefficient (Wildman–Crippen LogP) is 1.75. The Morgan fingerprint density at radius 1 is 1.30 bits per heavy atom. The van der Waals surface area contributed by atoms with Gasteiger partial charge in [-0.05, 0) is 30.2 Å². The molecule has 0 bridgehead atoms. The zero-order valence-electron chi connectivity index (χ0n) is 13.5. The molecule has 1 aliphatic carbocycles. The van der Waals surface area contributed by atoms with Gasteiger partial charge in [0.1, 0.15) is 0 Å². The summed E-state index contributed by atoms with van der Waals surface area (Å²) in [4.78, 5) is 12.1. The number of nitrogens with zero attached hydrogens (tertiary/aromatic N) is 1. The van der Waals surface area contributed by atoms with Crippen LogP contribution in [0.25, 0.3) is 0 Å². The van der Waals surface area contributed by atoms with Crippen LogP contribution >= 0.6 is 0 Å². The second-order valence-corrected chi connectivity index (χ2v) is 8.72. The number of sulfonamides is 1. The molecule has 6 heteroatoms. The first-order valence-electron chi connectivity index (χ1n) is 8.20. The van der Waals surface area contributed by atoms with Crippen molar-refractivity contribution in [3.8, 4) is 0 Å². The fraction of sp³-hybridized carbons (Fsp3) is 0.588. The molecule has 2 fully saturated rings. The summed E-state index contributed by atoms with van der Waals surface area (Å²) in [6.07, 6.45) is 3.61. The van der Waals surface area contributed by atoms with Gasteiger partial charge in [0.25, 0.3) is 0 Å². The van der Waals surface area contributed by atoms with Crippen molar-refractivity contribution in [2.75, 3.05) is 20.1 Å². The highest BCUT2D eigenvalue weighted by molar-refractivity contribution is 7.88. The van der Waals surface area contributed by atoms with Crippen molar-refractivity contribution >= 4 is 15.9 Å². The van der Waals surface area contributed by atoms with Crippen molar-refractivity contribution in [2.45, 2.75) is 31.4 Å². The highest BCUT2D eigenvalue weighted by atomic mass is 32.2. The van der Waals surface area contributed by atoms with Crippen LogP contribution in [0.3, 0.4) is 0 Å². The number of benzene rings is 1. The van der Waals surface area contributed by atoms with Crippen molar-refractivity contribution in [3.05, 3.63) is 35.9 Å². The largest absolute Gasteiger partial charge is 0.359 e. The quantitative estimate of drug-likeness (QED) is 0.911. The lowest BCUT2D eigenvalue weighted by molar-refractivity contribution is -0.127. The maximum absolute atomic E-state index is 12.7. The predicted molar refractivity (Wildman–Crippen MR) is 89.1 cm³/mol. The van der Waals surface area contributed by atoms with E-state index in [2.05, 4.69) is 5.32 Å². The molecule has 1 saturated carbocycles.